The molecule has 0 spiro atoms. The van der Waals surface area contributed by atoms with Crippen LogP contribution in [0.25, 0.3) is 11.3 Å². The highest BCUT2D eigenvalue weighted by molar-refractivity contribution is 7.07. The van der Waals surface area contributed by atoms with Crippen LogP contribution in [0.4, 0.5) is 0 Å². The highest BCUT2D eigenvalue weighted by atomic mass is 32.1. The Morgan fingerprint density at radius 3 is 2.29 bits per heavy atom. The molecular formula is C12H13NO3S. The molecule has 2 aromatic rings. The Morgan fingerprint density at radius 2 is 1.76 bits per heavy atom. The van der Waals surface area contributed by atoms with Crippen molar-refractivity contribution in [1.82, 2.24) is 4.98 Å². The maximum atomic E-state index is 5.39. The normalized spacial score (nSPS) is 10.1. The molecule has 2 rings (SSSR count). The number of aromatic nitrogens is 1. The van der Waals surface area contributed by atoms with Gasteiger partial charge in [-0.25, -0.2) is 4.98 Å². The van der Waals surface area contributed by atoms with Crippen LogP contribution in [0.1, 0.15) is 0 Å². The fourth-order valence-corrected chi connectivity index (χ4v) is 2.20. The molecule has 1 aromatic heterocycles. The molecule has 1 heterocycles. The number of ether oxygens (including phenoxy) is 3. The summed E-state index contributed by atoms with van der Waals surface area (Å²) in [6, 6.07) is 3.76. The molecule has 0 aliphatic carbocycles. The summed E-state index contributed by atoms with van der Waals surface area (Å²) in [6.45, 7) is 0. The lowest BCUT2D eigenvalue weighted by molar-refractivity contribution is 0.325. The predicted octanol–water partition coefficient (Wildman–Crippen LogP) is 2.84. The zero-order valence-corrected chi connectivity index (χ0v) is 10.7. The van der Waals surface area contributed by atoms with Crippen molar-refractivity contribution >= 4 is 11.3 Å². The summed E-state index contributed by atoms with van der Waals surface area (Å²) in [7, 11) is 4.79. The average molecular weight is 251 g/mol. The first-order valence-electron chi connectivity index (χ1n) is 4.99. The first-order valence-corrected chi connectivity index (χ1v) is 5.93. The molecule has 0 atom stereocenters. The summed E-state index contributed by atoms with van der Waals surface area (Å²) in [4.78, 5) is 4.27. The van der Waals surface area contributed by atoms with E-state index in [-0.39, 0.29) is 0 Å². The minimum absolute atomic E-state index is 0.584. The number of hydrogen-bond acceptors (Lipinski definition) is 5. The van der Waals surface area contributed by atoms with Crippen molar-refractivity contribution in [2.45, 2.75) is 0 Å². The van der Waals surface area contributed by atoms with Gasteiger partial charge in [0.2, 0.25) is 5.75 Å². The molecule has 0 radical (unpaired) electrons. The van der Waals surface area contributed by atoms with E-state index in [1.807, 2.05) is 17.5 Å². The Bertz CT molecular complexity index is 497. The minimum atomic E-state index is 0.584. The Hall–Kier alpha value is -1.75. The summed E-state index contributed by atoms with van der Waals surface area (Å²) in [5.74, 6) is 1.86. The number of rotatable bonds is 4. The summed E-state index contributed by atoms with van der Waals surface area (Å²) in [6.07, 6.45) is 0. The van der Waals surface area contributed by atoms with E-state index in [4.69, 9.17) is 14.2 Å². The monoisotopic (exact) mass is 251 g/mol. The quantitative estimate of drug-likeness (QED) is 0.837. The van der Waals surface area contributed by atoms with E-state index in [1.54, 1.807) is 26.8 Å². The van der Waals surface area contributed by atoms with Crippen LogP contribution in [0, 0.1) is 0 Å². The van der Waals surface area contributed by atoms with Gasteiger partial charge in [0.25, 0.3) is 0 Å². The smallest absolute Gasteiger partial charge is 0.203 e. The number of methoxy groups -OCH3 is 3. The van der Waals surface area contributed by atoms with Crippen LogP contribution in [-0.2, 0) is 0 Å². The molecule has 0 unspecified atom stereocenters. The average Bonchev–Trinajstić information content (AvgIpc) is 2.90. The second-order valence-electron chi connectivity index (χ2n) is 3.26. The van der Waals surface area contributed by atoms with Crippen LogP contribution in [-0.4, -0.2) is 26.3 Å². The van der Waals surface area contributed by atoms with Gasteiger partial charge in [0.15, 0.2) is 11.5 Å². The second-order valence-corrected chi connectivity index (χ2v) is 3.97. The third-order valence-electron chi connectivity index (χ3n) is 2.41. The molecule has 0 saturated heterocycles. The van der Waals surface area contributed by atoms with Gasteiger partial charge in [-0.05, 0) is 12.1 Å². The predicted molar refractivity (Wildman–Crippen MR) is 67.2 cm³/mol. The highest BCUT2D eigenvalue weighted by Gasteiger charge is 2.17. The van der Waals surface area contributed by atoms with E-state index in [2.05, 4.69) is 4.98 Å². The number of benzene rings is 1. The first kappa shape index (κ1) is 11.7. The molecule has 0 N–H and O–H groups in total. The topological polar surface area (TPSA) is 40.6 Å². The number of thiazole rings is 1. The molecule has 0 aliphatic heterocycles. The first-order chi connectivity index (χ1) is 8.31. The van der Waals surface area contributed by atoms with Gasteiger partial charge in [-0.15, -0.1) is 11.3 Å². The Labute approximate surface area is 104 Å². The molecule has 0 saturated carbocycles. The Morgan fingerprint density at radius 1 is 1.00 bits per heavy atom. The van der Waals surface area contributed by atoms with Crippen LogP contribution in [0.5, 0.6) is 17.2 Å². The fourth-order valence-electron chi connectivity index (χ4n) is 1.65. The number of nitrogens with zero attached hydrogens (tertiary/aromatic N) is 1. The van der Waals surface area contributed by atoms with Gasteiger partial charge in [0.1, 0.15) is 0 Å². The number of hydrogen-bond donors (Lipinski definition) is 0. The molecule has 0 fully saturated rings. The van der Waals surface area contributed by atoms with Crippen molar-refractivity contribution in [2.24, 2.45) is 0 Å². The van der Waals surface area contributed by atoms with E-state index in [1.165, 1.54) is 11.3 Å². The van der Waals surface area contributed by atoms with Crippen LogP contribution in [0.2, 0.25) is 0 Å². The largest absolute Gasteiger partial charge is 0.493 e. The van der Waals surface area contributed by atoms with Gasteiger partial charge < -0.3 is 14.2 Å². The molecule has 4 nitrogen and oxygen atoms in total. The summed E-state index contributed by atoms with van der Waals surface area (Å²) >= 11 is 1.54. The van der Waals surface area contributed by atoms with Gasteiger partial charge in [0.05, 0.1) is 32.5 Å². The Kier molecular flexibility index (Phi) is 3.49. The lowest BCUT2D eigenvalue weighted by atomic mass is 10.1. The zero-order valence-electron chi connectivity index (χ0n) is 9.89. The van der Waals surface area contributed by atoms with Crippen molar-refractivity contribution < 1.29 is 14.2 Å². The van der Waals surface area contributed by atoms with E-state index < -0.39 is 0 Å². The standard InChI is InChI=1S/C12H13NO3S/c1-14-10-5-4-8(9-6-17-7-13-9)11(15-2)12(10)16-3/h4-7H,1-3H3. The molecule has 0 amide bonds. The molecular weight excluding hydrogens is 238 g/mol. The third-order valence-corrected chi connectivity index (χ3v) is 3.00. The highest BCUT2D eigenvalue weighted by Crippen LogP contribution is 2.43. The van der Waals surface area contributed by atoms with Crippen LogP contribution >= 0.6 is 11.3 Å². The second kappa shape index (κ2) is 5.05. The summed E-state index contributed by atoms with van der Waals surface area (Å²) in [5.41, 5.74) is 3.55. The molecule has 90 valence electrons. The SMILES string of the molecule is COc1ccc(-c2cscn2)c(OC)c1OC. The lowest BCUT2D eigenvalue weighted by Gasteiger charge is -2.14. The van der Waals surface area contributed by atoms with Gasteiger partial charge in [-0.1, -0.05) is 0 Å². The van der Waals surface area contributed by atoms with Crippen molar-refractivity contribution in [3.63, 3.8) is 0 Å². The maximum Gasteiger partial charge on any atom is 0.203 e. The molecule has 17 heavy (non-hydrogen) atoms. The van der Waals surface area contributed by atoms with Gasteiger partial charge in [-0.3, -0.25) is 0 Å². The van der Waals surface area contributed by atoms with E-state index in [9.17, 15) is 0 Å². The van der Waals surface area contributed by atoms with E-state index in [0.717, 1.165) is 11.3 Å². The summed E-state index contributed by atoms with van der Waals surface area (Å²) < 4.78 is 15.9. The van der Waals surface area contributed by atoms with Gasteiger partial charge >= 0.3 is 0 Å². The van der Waals surface area contributed by atoms with Crippen molar-refractivity contribution in [3.05, 3.63) is 23.0 Å². The van der Waals surface area contributed by atoms with Crippen LogP contribution in [0.3, 0.4) is 0 Å². The van der Waals surface area contributed by atoms with E-state index >= 15 is 0 Å². The van der Waals surface area contributed by atoms with Gasteiger partial charge in [-0.2, -0.15) is 0 Å². The lowest BCUT2D eigenvalue weighted by Crippen LogP contribution is -1.96. The third kappa shape index (κ3) is 2.06. The molecule has 0 aliphatic rings. The zero-order chi connectivity index (χ0) is 12.3. The molecule has 0 bridgehead atoms. The van der Waals surface area contributed by atoms with Crippen molar-refractivity contribution in [1.29, 1.82) is 0 Å². The van der Waals surface area contributed by atoms with Crippen LogP contribution in [0.15, 0.2) is 23.0 Å². The molecule has 5 heteroatoms. The fraction of sp³-hybridized carbons (Fsp3) is 0.250. The summed E-state index contributed by atoms with van der Waals surface area (Å²) in [5, 5.41) is 1.96. The van der Waals surface area contributed by atoms with Gasteiger partial charge in [0, 0.05) is 10.9 Å². The Balaban J connectivity index is 2.61. The molecule has 1 aromatic carbocycles. The van der Waals surface area contributed by atoms with Crippen LogP contribution < -0.4 is 14.2 Å². The van der Waals surface area contributed by atoms with Crippen molar-refractivity contribution in [2.75, 3.05) is 21.3 Å². The minimum Gasteiger partial charge on any atom is -0.493 e. The van der Waals surface area contributed by atoms with E-state index in [0.29, 0.717) is 17.2 Å². The van der Waals surface area contributed by atoms with Crippen molar-refractivity contribution in [3.8, 4) is 28.5 Å². The maximum absolute atomic E-state index is 5.39.